The second kappa shape index (κ2) is 7.73. The Labute approximate surface area is 133 Å². The maximum atomic E-state index is 12.4. The van der Waals surface area contributed by atoms with Crippen LogP contribution in [0.25, 0.3) is 10.8 Å². The third-order valence-corrected chi connectivity index (χ3v) is 3.62. The molecular formula is C16H21N3O4. The molecule has 23 heavy (non-hydrogen) atoms. The zero-order valence-corrected chi connectivity index (χ0v) is 13.4. The number of likely N-dealkylation sites (N-methyl/N-ethyl adjacent to an activating group) is 1. The van der Waals surface area contributed by atoms with Crippen molar-refractivity contribution in [2.24, 2.45) is 0 Å². The number of ether oxygens (including phenoxy) is 1. The summed E-state index contributed by atoms with van der Waals surface area (Å²) in [5.74, 6) is -0.236. The van der Waals surface area contributed by atoms with Crippen LogP contribution in [0.15, 0.2) is 33.9 Å². The number of amides is 1. The number of benzene rings is 1. The Hall–Kier alpha value is -2.41. The first-order valence-electron chi connectivity index (χ1n) is 7.65. The van der Waals surface area contributed by atoms with Crippen molar-refractivity contribution >= 4 is 16.7 Å². The summed E-state index contributed by atoms with van der Waals surface area (Å²) in [4.78, 5) is 38.3. The van der Waals surface area contributed by atoms with Crippen molar-refractivity contribution in [2.75, 3.05) is 26.3 Å². The molecule has 1 N–H and O–H groups in total. The minimum absolute atomic E-state index is 0.196. The summed E-state index contributed by atoms with van der Waals surface area (Å²) in [6.45, 7) is 5.54. The molecule has 0 aliphatic carbocycles. The zero-order valence-electron chi connectivity index (χ0n) is 13.4. The lowest BCUT2D eigenvalue weighted by atomic mass is 10.2. The van der Waals surface area contributed by atoms with Gasteiger partial charge < -0.3 is 9.64 Å². The number of rotatable bonds is 7. The molecule has 0 atom stereocenters. The summed E-state index contributed by atoms with van der Waals surface area (Å²) in [6, 6.07) is 6.55. The van der Waals surface area contributed by atoms with E-state index in [1.165, 1.54) is 0 Å². The van der Waals surface area contributed by atoms with Crippen LogP contribution in [0.5, 0.6) is 0 Å². The van der Waals surface area contributed by atoms with Gasteiger partial charge in [-0.2, -0.15) is 0 Å². The number of H-pyrrole nitrogens is 1. The summed E-state index contributed by atoms with van der Waals surface area (Å²) in [7, 11) is 0. The quantitative estimate of drug-likeness (QED) is 0.756. The smallest absolute Gasteiger partial charge is 0.273 e. The van der Waals surface area contributed by atoms with E-state index in [-0.39, 0.29) is 23.6 Å². The molecule has 0 aliphatic rings. The lowest BCUT2D eigenvalue weighted by molar-refractivity contribution is -0.132. The largest absolute Gasteiger partial charge is 0.380 e. The van der Waals surface area contributed by atoms with E-state index in [1.54, 1.807) is 29.2 Å². The highest BCUT2D eigenvalue weighted by Gasteiger charge is 2.15. The molecule has 0 spiro atoms. The predicted molar refractivity (Wildman–Crippen MR) is 87.6 cm³/mol. The molecule has 1 amide bonds. The predicted octanol–water partition coefficient (Wildman–Crippen LogP) is 0.575. The van der Waals surface area contributed by atoms with Crippen molar-refractivity contribution in [3.05, 3.63) is 45.0 Å². The molecule has 1 heterocycles. The van der Waals surface area contributed by atoms with Crippen molar-refractivity contribution in [3.63, 3.8) is 0 Å². The lowest BCUT2D eigenvalue weighted by Crippen LogP contribution is -2.40. The SMILES string of the molecule is CCOCCN(CC)C(=O)Cn1[nH]c(=O)c2ccccc2c1=O. The average molecular weight is 319 g/mol. The molecule has 7 heteroatoms. The second-order valence-corrected chi connectivity index (χ2v) is 5.05. The van der Waals surface area contributed by atoms with E-state index in [9.17, 15) is 14.4 Å². The number of hydrogen-bond donors (Lipinski definition) is 1. The van der Waals surface area contributed by atoms with Gasteiger partial charge in [-0.3, -0.25) is 19.5 Å². The number of carbonyl (C=O) groups excluding carboxylic acids is 1. The van der Waals surface area contributed by atoms with Gasteiger partial charge in [0.25, 0.3) is 11.1 Å². The van der Waals surface area contributed by atoms with E-state index in [0.29, 0.717) is 37.1 Å². The third-order valence-electron chi connectivity index (χ3n) is 3.62. The lowest BCUT2D eigenvalue weighted by Gasteiger charge is -2.21. The normalized spacial score (nSPS) is 10.9. The van der Waals surface area contributed by atoms with Gasteiger partial charge in [-0.15, -0.1) is 0 Å². The van der Waals surface area contributed by atoms with Crippen LogP contribution < -0.4 is 11.1 Å². The van der Waals surface area contributed by atoms with E-state index in [4.69, 9.17) is 4.74 Å². The molecule has 0 unspecified atom stereocenters. The standard InChI is InChI=1S/C16H21N3O4/c1-3-18(9-10-23-4-2)14(20)11-19-16(22)13-8-6-5-7-12(13)15(21)17-19/h5-8H,3-4,9-11H2,1-2H3,(H,17,21). The minimum Gasteiger partial charge on any atom is -0.380 e. The maximum absolute atomic E-state index is 12.4. The van der Waals surface area contributed by atoms with Crippen LogP contribution in [0.1, 0.15) is 13.8 Å². The van der Waals surface area contributed by atoms with Gasteiger partial charge in [-0.05, 0) is 26.0 Å². The first-order chi connectivity index (χ1) is 11.1. The highest BCUT2D eigenvalue weighted by atomic mass is 16.5. The fourth-order valence-electron chi connectivity index (χ4n) is 2.37. The van der Waals surface area contributed by atoms with Crippen LogP contribution in [0.4, 0.5) is 0 Å². The van der Waals surface area contributed by atoms with Crippen LogP contribution in [0.2, 0.25) is 0 Å². The summed E-state index contributed by atoms with van der Waals surface area (Å²) in [5, 5.41) is 3.10. The topological polar surface area (TPSA) is 84.4 Å². The molecule has 0 bridgehead atoms. The fourth-order valence-corrected chi connectivity index (χ4v) is 2.37. The number of aromatic amines is 1. The monoisotopic (exact) mass is 319 g/mol. The number of aromatic nitrogens is 2. The Balaban J connectivity index is 2.24. The van der Waals surface area contributed by atoms with Gasteiger partial charge >= 0.3 is 0 Å². The van der Waals surface area contributed by atoms with Crippen molar-refractivity contribution < 1.29 is 9.53 Å². The van der Waals surface area contributed by atoms with Crippen LogP contribution in [-0.2, 0) is 16.1 Å². The highest BCUT2D eigenvalue weighted by Crippen LogP contribution is 2.02. The maximum Gasteiger partial charge on any atom is 0.273 e. The Morgan fingerprint density at radius 1 is 1.22 bits per heavy atom. The number of hydrogen-bond acceptors (Lipinski definition) is 4. The Morgan fingerprint density at radius 3 is 2.57 bits per heavy atom. The molecule has 0 aliphatic heterocycles. The van der Waals surface area contributed by atoms with Crippen LogP contribution in [0.3, 0.4) is 0 Å². The second-order valence-electron chi connectivity index (χ2n) is 5.05. The molecule has 1 aromatic carbocycles. The Morgan fingerprint density at radius 2 is 1.91 bits per heavy atom. The molecule has 0 saturated carbocycles. The van der Waals surface area contributed by atoms with Gasteiger partial charge in [0, 0.05) is 19.7 Å². The van der Waals surface area contributed by atoms with Gasteiger partial charge in [0.1, 0.15) is 6.54 Å². The van der Waals surface area contributed by atoms with Crippen molar-refractivity contribution in [3.8, 4) is 0 Å². The summed E-state index contributed by atoms with van der Waals surface area (Å²) in [5.41, 5.74) is -0.764. The van der Waals surface area contributed by atoms with Crippen LogP contribution in [0, 0.1) is 0 Å². The molecule has 0 fully saturated rings. The van der Waals surface area contributed by atoms with Gasteiger partial charge in [-0.25, -0.2) is 4.68 Å². The van der Waals surface area contributed by atoms with E-state index >= 15 is 0 Å². The summed E-state index contributed by atoms with van der Waals surface area (Å²) >= 11 is 0. The van der Waals surface area contributed by atoms with Crippen molar-refractivity contribution in [1.82, 2.24) is 14.7 Å². The number of nitrogens with zero attached hydrogens (tertiary/aromatic N) is 2. The fraction of sp³-hybridized carbons (Fsp3) is 0.438. The number of fused-ring (bicyclic) bond motifs is 1. The van der Waals surface area contributed by atoms with Crippen LogP contribution >= 0.6 is 0 Å². The zero-order chi connectivity index (χ0) is 16.8. The molecular weight excluding hydrogens is 298 g/mol. The van der Waals surface area contributed by atoms with Gasteiger partial charge in [0.15, 0.2) is 0 Å². The average Bonchev–Trinajstić information content (AvgIpc) is 2.56. The molecule has 2 aromatic rings. The summed E-state index contributed by atoms with van der Waals surface area (Å²) in [6.07, 6.45) is 0. The number of nitrogens with one attached hydrogen (secondary N) is 1. The third kappa shape index (κ3) is 3.87. The van der Waals surface area contributed by atoms with E-state index in [1.807, 2.05) is 13.8 Å². The Bertz CT molecular complexity index is 794. The van der Waals surface area contributed by atoms with Crippen molar-refractivity contribution in [1.29, 1.82) is 0 Å². The van der Waals surface area contributed by atoms with Gasteiger partial charge in [0.05, 0.1) is 17.4 Å². The van der Waals surface area contributed by atoms with Crippen molar-refractivity contribution in [2.45, 2.75) is 20.4 Å². The van der Waals surface area contributed by atoms with Crippen LogP contribution in [-0.4, -0.2) is 46.9 Å². The minimum atomic E-state index is -0.384. The highest BCUT2D eigenvalue weighted by molar-refractivity contribution is 5.81. The van der Waals surface area contributed by atoms with E-state index in [2.05, 4.69) is 5.10 Å². The molecule has 2 rings (SSSR count). The molecule has 0 saturated heterocycles. The number of carbonyl (C=O) groups is 1. The molecule has 7 nitrogen and oxygen atoms in total. The van der Waals surface area contributed by atoms with E-state index < -0.39 is 0 Å². The Kier molecular flexibility index (Phi) is 5.70. The molecule has 0 radical (unpaired) electrons. The van der Waals surface area contributed by atoms with Gasteiger partial charge in [0.2, 0.25) is 5.91 Å². The summed E-state index contributed by atoms with van der Waals surface area (Å²) < 4.78 is 6.31. The molecule has 124 valence electrons. The first-order valence-corrected chi connectivity index (χ1v) is 7.65. The van der Waals surface area contributed by atoms with E-state index in [0.717, 1.165) is 4.68 Å². The molecule has 1 aromatic heterocycles. The van der Waals surface area contributed by atoms with Gasteiger partial charge in [-0.1, -0.05) is 12.1 Å². The first kappa shape index (κ1) is 17.0.